The van der Waals surface area contributed by atoms with Gasteiger partial charge >= 0.3 is 5.69 Å². The van der Waals surface area contributed by atoms with Crippen LogP contribution in [0.25, 0.3) is 11.2 Å². The van der Waals surface area contributed by atoms with Crippen molar-refractivity contribution in [2.45, 2.75) is 39.9 Å². The molecule has 28 heavy (non-hydrogen) atoms. The standard InChI is InChI=1S/C19H21ClN6O2/c1-5-24-17(27)15-16(23(4)19(24)28)21-18-25(22-11(2)12(3)26(15)18)10-13-7-6-8-14(20)9-13/h6-9,12H,5,10H2,1-4H3. The summed E-state index contributed by atoms with van der Waals surface area (Å²) in [4.78, 5) is 30.2. The van der Waals surface area contributed by atoms with Crippen LogP contribution in [0.4, 0.5) is 5.95 Å². The Bertz CT molecular complexity index is 1240. The van der Waals surface area contributed by atoms with E-state index in [0.717, 1.165) is 11.3 Å². The van der Waals surface area contributed by atoms with E-state index in [0.29, 0.717) is 35.2 Å². The molecule has 3 heterocycles. The summed E-state index contributed by atoms with van der Waals surface area (Å²) in [6, 6.07) is 7.38. The third kappa shape index (κ3) is 2.67. The fraction of sp³-hybridized carbons (Fsp3) is 0.368. The summed E-state index contributed by atoms with van der Waals surface area (Å²) < 4.78 is 4.52. The summed E-state index contributed by atoms with van der Waals surface area (Å²) >= 11 is 6.11. The molecular weight excluding hydrogens is 380 g/mol. The smallest absolute Gasteiger partial charge is 0.294 e. The van der Waals surface area contributed by atoms with Gasteiger partial charge in [-0.15, -0.1) is 0 Å². The first-order chi connectivity index (χ1) is 13.3. The molecule has 0 aliphatic carbocycles. The van der Waals surface area contributed by atoms with Gasteiger partial charge in [-0.05, 0) is 38.5 Å². The number of aryl methyl sites for hydroxylation is 1. The number of aromatic nitrogens is 4. The molecule has 0 N–H and O–H groups in total. The van der Waals surface area contributed by atoms with Gasteiger partial charge < -0.3 is 0 Å². The Hall–Kier alpha value is -2.87. The Balaban J connectivity index is 1.97. The summed E-state index contributed by atoms with van der Waals surface area (Å²) in [5.41, 5.74) is 1.90. The van der Waals surface area contributed by atoms with E-state index in [2.05, 4.69) is 10.1 Å². The number of rotatable bonds is 3. The van der Waals surface area contributed by atoms with Crippen LogP contribution in [0.5, 0.6) is 0 Å². The molecule has 1 aliphatic rings. The van der Waals surface area contributed by atoms with Gasteiger partial charge in [-0.1, -0.05) is 23.7 Å². The van der Waals surface area contributed by atoms with Crippen LogP contribution in [-0.2, 0) is 20.1 Å². The number of hydrogen-bond acceptors (Lipinski definition) is 5. The Morgan fingerprint density at radius 3 is 2.68 bits per heavy atom. The first-order valence-electron chi connectivity index (χ1n) is 9.12. The number of halogens is 1. The molecule has 0 radical (unpaired) electrons. The summed E-state index contributed by atoms with van der Waals surface area (Å²) in [6.45, 7) is 6.43. The maximum Gasteiger partial charge on any atom is 0.332 e. The molecular formula is C19H21ClN6O2. The molecule has 0 saturated heterocycles. The van der Waals surface area contributed by atoms with E-state index in [-0.39, 0.29) is 17.3 Å². The van der Waals surface area contributed by atoms with Gasteiger partial charge in [-0.3, -0.25) is 18.5 Å². The number of hydrazone groups is 1. The van der Waals surface area contributed by atoms with E-state index in [1.54, 1.807) is 19.0 Å². The van der Waals surface area contributed by atoms with E-state index in [1.807, 2.05) is 42.7 Å². The van der Waals surface area contributed by atoms with Crippen LogP contribution in [0.1, 0.15) is 32.4 Å². The molecule has 0 amide bonds. The fourth-order valence-electron chi connectivity index (χ4n) is 3.58. The zero-order chi connectivity index (χ0) is 20.2. The second-order valence-electron chi connectivity index (χ2n) is 6.95. The minimum atomic E-state index is -0.373. The second-order valence-corrected chi connectivity index (χ2v) is 7.39. The second kappa shape index (κ2) is 6.63. The molecule has 9 heteroatoms. The monoisotopic (exact) mass is 400 g/mol. The van der Waals surface area contributed by atoms with Crippen molar-refractivity contribution in [3.05, 3.63) is 55.7 Å². The summed E-state index contributed by atoms with van der Waals surface area (Å²) in [6.07, 6.45) is 0. The molecule has 4 rings (SSSR count). The molecule has 8 nitrogen and oxygen atoms in total. The zero-order valence-corrected chi connectivity index (χ0v) is 16.9. The number of anilines is 1. The first-order valence-corrected chi connectivity index (χ1v) is 9.50. The van der Waals surface area contributed by atoms with Crippen molar-refractivity contribution in [3.8, 4) is 0 Å². The Kier molecular flexibility index (Phi) is 4.38. The topological polar surface area (TPSA) is 77.4 Å². The van der Waals surface area contributed by atoms with Crippen LogP contribution < -0.4 is 16.3 Å². The van der Waals surface area contributed by atoms with Crippen LogP contribution in [0, 0.1) is 0 Å². The van der Waals surface area contributed by atoms with Crippen molar-refractivity contribution in [3.63, 3.8) is 0 Å². The molecule has 2 aromatic heterocycles. The summed E-state index contributed by atoms with van der Waals surface area (Å²) in [7, 11) is 1.63. The molecule has 0 spiro atoms. The third-order valence-electron chi connectivity index (χ3n) is 5.20. The van der Waals surface area contributed by atoms with Gasteiger partial charge in [0.2, 0.25) is 5.95 Å². The van der Waals surface area contributed by atoms with Gasteiger partial charge in [0.25, 0.3) is 5.56 Å². The summed E-state index contributed by atoms with van der Waals surface area (Å²) in [5, 5.41) is 7.07. The molecule has 0 bridgehead atoms. The Labute approximate surface area is 166 Å². The normalized spacial score (nSPS) is 16.4. The van der Waals surface area contributed by atoms with Gasteiger partial charge in [-0.25, -0.2) is 9.80 Å². The fourth-order valence-corrected chi connectivity index (χ4v) is 3.79. The van der Waals surface area contributed by atoms with E-state index >= 15 is 0 Å². The summed E-state index contributed by atoms with van der Waals surface area (Å²) in [5.74, 6) is 0.536. The van der Waals surface area contributed by atoms with Gasteiger partial charge in [0.05, 0.1) is 18.3 Å². The maximum atomic E-state index is 13.0. The molecule has 146 valence electrons. The van der Waals surface area contributed by atoms with Crippen molar-refractivity contribution < 1.29 is 0 Å². The van der Waals surface area contributed by atoms with E-state index in [9.17, 15) is 9.59 Å². The van der Waals surface area contributed by atoms with Crippen LogP contribution in [0.3, 0.4) is 0 Å². The first kappa shape index (κ1) is 18.5. The number of nitrogens with zero attached hydrogens (tertiary/aromatic N) is 6. The van der Waals surface area contributed by atoms with Crippen molar-refractivity contribution >= 4 is 34.4 Å². The lowest BCUT2D eigenvalue weighted by Crippen LogP contribution is -2.40. The van der Waals surface area contributed by atoms with Crippen molar-refractivity contribution in [2.75, 3.05) is 5.01 Å². The molecule has 1 aromatic carbocycles. The Morgan fingerprint density at radius 1 is 1.25 bits per heavy atom. The predicted octanol–water partition coefficient (Wildman–Crippen LogP) is 2.53. The van der Waals surface area contributed by atoms with Crippen LogP contribution in [0.2, 0.25) is 5.02 Å². The molecule has 1 atom stereocenters. The quantitative estimate of drug-likeness (QED) is 0.676. The van der Waals surface area contributed by atoms with Crippen molar-refractivity contribution in [1.82, 2.24) is 18.7 Å². The van der Waals surface area contributed by atoms with E-state index < -0.39 is 0 Å². The maximum absolute atomic E-state index is 13.0. The van der Waals surface area contributed by atoms with Gasteiger partial charge in [0, 0.05) is 18.6 Å². The van der Waals surface area contributed by atoms with Crippen LogP contribution in [-0.4, -0.2) is 24.4 Å². The SMILES string of the molecule is CCn1c(=O)c2c(nc3n2C(C)C(C)=NN3Cc2cccc(Cl)c2)n(C)c1=O. The van der Waals surface area contributed by atoms with E-state index in [4.69, 9.17) is 11.6 Å². The highest BCUT2D eigenvalue weighted by molar-refractivity contribution is 6.30. The van der Waals surface area contributed by atoms with Crippen LogP contribution in [0.15, 0.2) is 39.0 Å². The highest BCUT2D eigenvalue weighted by atomic mass is 35.5. The van der Waals surface area contributed by atoms with Gasteiger partial charge in [0.15, 0.2) is 11.2 Å². The highest BCUT2D eigenvalue weighted by Gasteiger charge is 2.30. The lowest BCUT2D eigenvalue weighted by Gasteiger charge is -2.29. The minimum Gasteiger partial charge on any atom is -0.294 e. The minimum absolute atomic E-state index is 0.147. The molecule has 0 saturated carbocycles. The van der Waals surface area contributed by atoms with Crippen LogP contribution >= 0.6 is 11.6 Å². The number of imidazole rings is 1. The lowest BCUT2D eigenvalue weighted by molar-refractivity contribution is 0.618. The number of hydrogen-bond donors (Lipinski definition) is 0. The van der Waals surface area contributed by atoms with Gasteiger partial charge in [-0.2, -0.15) is 10.1 Å². The molecule has 1 unspecified atom stereocenters. The average molecular weight is 401 g/mol. The Morgan fingerprint density at radius 2 is 2.00 bits per heavy atom. The largest absolute Gasteiger partial charge is 0.332 e. The van der Waals surface area contributed by atoms with Crippen molar-refractivity contribution in [1.29, 1.82) is 0 Å². The molecule has 3 aromatic rings. The van der Waals surface area contributed by atoms with E-state index in [1.165, 1.54) is 9.13 Å². The molecule has 1 aliphatic heterocycles. The zero-order valence-electron chi connectivity index (χ0n) is 16.2. The van der Waals surface area contributed by atoms with Crippen molar-refractivity contribution in [2.24, 2.45) is 12.1 Å². The lowest BCUT2D eigenvalue weighted by atomic mass is 10.2. The highest BCUT2D eigenvalue weighted by Crippen LogP contribution is 2.31. The third-order valence-corrected chi connectivity index (χ3v) is 5.43. The number of fused-ring (bicyclic) bond motifs is 3. The molecule has 0 fully saturated rings. The average Bonchev–Trinajstić information content (AvgIpc) is 3.06. The predicted molar refractivity (Wildman–Crippen MR) is 110 cm³/mol. The number of benzene rings is 1. The van der Waals surface area contributed by atoms with Gasteiger partial charge in [0.1, 0.15) is 0 Å².